The van der Waals surface area contributed by atoms with Gasteiger partial charge in [-0.25, -0.2) is 0 Å². The van der Waals surface area contributed by atoms with Crippen LogP contribution in [0.3, 0.4) is 0 Å². The van der Waals surface area contributed by atoms with Gasteiger partial charge in [-0.15, -0.1) is 0 Å². The Kier molecular flexibility index (Phi) is 1.61. The van der Waals surface area contributed by atoms with E-state index in [9.17, 15) is 4.79 Å². The number of fused-ring (bicyclic) bond motifs is 1. The van der Waals surface area contributed by atoms with Crippen molar-refractivity contribution in [1.29, 1.82) is 0 Å². The van der Waals surface area contributed by atoms with Crippen LogP contribution < -0.4 is 4.90 Å². The third-order valence-corrected chi connectivity index (χ3v) is 1.98. The smallest absolute Gasteiger partial charge is 0.224 e. The summed E-state index contributed by atoms with van der Waals surface area (Å²) in [6, 6.07) is 7.87. The minimum atomic E-state index is 0.0277. The van der Waals surface area contributed by atoms with Crippen molar-refractivity contribution in [2.75, 3.05) is 4.90 Å². The predicted molar refractivity (Wildman–Crippen MR) is 46.5 cm³/mol. The fourth-order valence-corrected chi connectivity index (χ4v) is 1.41. The topological polar surface area (TPSA) is 20.3 Å². The van der Waals surface area contributed by atoms with E-state index in [4.69, 9.17) is 0 Å². The summed E-state index contributed by atoms with van der Waals surface area (Å²) in [5.74, 6) is 0.0277. The first-order chi connectivity index (χ1) is 5.79. The van der Waals surface area contributed by atoms with E-state index in [1.54, 1.807) is 11.8 Å². The summed E-state index contributed by atoms with van der Waals surface area (Å²) in [4.78, 5) is 12.7. The minimum absolute atomic E-state index is 0.0277. The van der Waals surface area contributed by atoms with Gasteiger partial charge in [-0.3, -0.25) is 4.79 Å². The fraction of sp³-hybridized carbons (Fsp3) is 0.200. The molecule has 0 bridgehead atoms. The summed E-state index contributed by atoms with van der Waals surface area (Å²) < 4.78 is 0. The standard InChI is InChI=1S/C10H9NO/c1-8(12)11-7-6-9-4-2-3-5-10(9)11/h2-5H,6H2,1H3. The highest BCUT2D eigenvalue weighted by molar-refractivity contribution is 5.95. The van der Waals surface area contributed by atoms with Crippen molar-refractivity contribution < 1.29 is 4.79 Å². The molecule has 1 aliphatic heterocycles. The molecule has 0 fully saturated rings. The Balaban J connectivity index is 2.42. The molecule has 0 saturated carbocycles. The van der Waals surface area contributed by atoms with Gasteiger partial charge >= 0.3 is 0 Å². The molecule has 1 aliphatic rings. The van der Waals surface area contributed by atoms with Crippen molar-refractivity contribution >= 4 is 11.6 Å². The Morgan fingerprint density at radius 1 is 1.50 bits per heavy atom. The van der Waals surface area contributed by atoms with E-state index >= 15 is 0 Å². The van der Waals surface area contributed by atoms with Crippen LogP contribution in [-0.2, 0) is 11.2 Å². The zero-order valence-corrected chi connectivity index (χ0v) is 6.87. The third-order valence-electron chi connectivity index (χ3n) is 1.98. The number of rotatable bonds is 0. The van der Waals surface area contributed by atoms with Crippen molar-refractivity contribution in [1.82, 2.24) is 0 Å². The first-order valence-corrected chi connectivity index (χ1v) is 3.91. The van der Waals surface area contributed by atoms with Crippen LogP contribution in [0, 0.1) is 6.54 Å². The number of para-hydroxylation sites is 1. The molecule has 1 aromatic carbocycles. The molecule has 0 aromatic heterocycles. The molecule has 60 valence electrons. The molecular formula is C10H9NO. The number of hydrogen-bond acceptors (Lipinski definition) is 1. The molecule has 0 atom stereocenters. The lowest BCUT2D eigenvalue weighted by Gasteiger charge is -2.12. The van der Waals surface area contributed by atoms with Crippen LogP contribution in [0.15, 0.2) is 24.3 Å². The highest BCUT2D eigenvalue weighted by Gasteiger charge is 2.21. The summed E-state index contributed by atoms with van der Waals surface area (Å²) in [7, 11) is 0. The number of nitrogens with zero attached hydrogens (tertiary/aromatic N) is 1. The van der Waals surface area contributed by atoms with Crippen molar-refractivity contribution in [3.05, 3.63) is 36.4 Å². The van der Waals surface area contributed by atoms with Gasteiger partial charge in [0.25, 0.3) is 0 Å². The molecule has 0 spiro atoms. The molecule has 1 aromatic rings. The van der Waals surface area contributed by atoms with Crippen molar-refractivity contribution in [2.24, 2.45) is 0 Å². The van der Waals surface area contributed by atoms with Gasteiger partial charge in [0.2, 0.25) is 5.91 Å². The molecule has 1 amide bonds. The number of carbonyl (C=O) groups excluding carboxylic acids is 1. The van der Waals surface area contributed by atoms with E-state index in [-0.39, 0.29) is 5.91 Å². The van der Waals surface area contributed by atoms with Crippen LogP contribution in [0.5, 0.6) is 0 Å². The van der Waals surface area contributed by atoms with Gasteiger partial charge in [0.1, 0.15) is 6.54 Å². The quantitative estimate of drug-likeness (QED) is 0.563. The average molecular weight is 159 g/mol. The molecule has 2 nitrogen and oxygen atoms in total. The van der Waals surface area contributed by atoms with Gasteiger partial charge in [0.15, 0.2) is 0 Å². The monoisotopic (exact) mass is 159 g/mol. The van der Waals surface area contributed by atoms with Crippen LogP contribution in [0.2, 0.25) is 0 Å². The molecule has 2 radical (unpaired) electrons. The van der Waals surface area contributed by atoms with Gasteiger partial charge < -0.3 is 4.90 Å². The van der Waals surface area contributed by atoms with Crippen LogP contribution in [-0.4, -0.2) is 5.91 Å². The van der Waals surface area contributed by atoms with Gasteiger partial charge in [-0.1, -0.05) is 18.2 Å². The first kappa shape index (κ1) is 7.35. The number of amides is 1. The highest BCUT2D eigenvalue weighted by Crippen LogP contribution is 2.29. The molecular weight excluding hydrogens is 150 g/mol. The number of benzene rings is 1. The second-order valence-electron chi connectivity index (χ2n) is 2.82. The Bertz CT molecular complexity index is 319. The second kappa shape index (κ2) is 2.63. The lowest BCUT2D eigenvalue weighted by molar-refractivity contribution is -0.116. The van der Waals surface area contributed by atoms with E-state index in [2.05, 4.69) is 6.54 Å². The lowest BCUT2D eigenvalue weighted by Crippen LogP contribution is -2.21. The zero-order valence-electron chi connectivity index (χ0n) is 6.87. The van der Waals surface area contributed by atoms with Gasteiger partial charge in [0, 0.05) is 19.0 Å². The molecule has 2 heteroatoms. The first-order valence-electron chi connectivity index (χ1n) is 3.91. The maximum atomic E-state index is 11.1. The SMILES string of the molecule is CC(=O)N1[C]Cc2ccccc21. The number of hydrogen-bond donors (Lipinski definition) is 0. The Labute approximate surface area is 71.8 Å². The van der Waals surface area contributed by atoms with Crippen LogP contribution in [0.25, 0.3) is 0 Å². The van der Waals surface area contributed by atoms with E-state index in [1.165, 1.54) is 5.56 Å². The third kappa shape index (κ3) is 0.998. The molecule has 12 heavy (non-hydrogen) atoms. The highest BCUT2D eigenvalue weighted by atomic mass is 16.2. The number of carbonyl (C=O) groups is 1. The molecule has 0 saturated heterocycles. The maximum absolute atomic E-state index is 11.1. The van der Waals surface area contributed by atoms with Crippen LogP contribution in [0.1, 0.15) is 12.5 Å². The van der Waals surface area contributed by atoms with Crippen molar-refractivity contribution in [3.63, 3.8) is 0 Å². The average Bonchev–Trinajstić information content (AvgIpc) is 2.47. The largest absolute Gasteiger partial charge is 0.301 e. The molecule has 0 unspecified atom stereocenters. The van der Waals surface area contributed by atoms with E-state index in [0.29, 0.717) is 0 Å². The Morgan fingerprint density at radius 3 is 3.00 bits per heavy atom. The molecule has 1 heterocycles. The van der Waals surface area contributed by atoms with Gasteiger partial charge in [-0.2, -0.15) is 0 Å². The van der Waals surface area contributed by atoms with Crippen LogP contribution >= 0.6 is 0 Å². The number of anilines is 1. The van der Waals surface area contributed by atoms with E-state index in [1.807, 2.05) is 24.3 Å². The molecule has 0 aliphatic carbocycles. The fourth-order valence-electron chi connectivity index (χ4n) is 1.41. The predicted octanol–water partition coefficient (Wildman–Crippen LogP) is 1.63. The zero-order chi connectivity index (χ0) is 8.55. The van der Waals surface area contributed by atoms with E-state index in [0.717, 1.165) is 12.1 Å². The lowest BCUT2D eigenvalue weighted by atomic mass is 10.2. The van der Waals surface area contributed by atoms with Gasteiger partial charge in [-0.05, 0) is 11.6 Å². The van der Waals surface area contributed by atoms with Gasteiger partial charge in [0.05, 0.1) is 0 Å². The second-order valence-corrected chi connectivity index (χ2v) is 2.82. The Hall–Kier alpha value is -1.31. The normalized spacial score (nSPS) is 14.6. The van der Waals surface area contributed by atoms with E-state index < -0.39 is 0 Å². The Morgan fingerprint density at radius 2 is 2.25 bits per heavy atom. The molecule has 2 rings (SSSR count). The minimum Gasteiger partial charge on any atom is -0.301 e. The molecule has 0 N–H and O–H groups in total. The van der Waals surface area contributed by atoms with Crippen LogP contribution in [0.4, 0.5) is 5.69 Å². The van der Waals surface area contributed by atoms with Crippen molar-refractivity contribution in [2.45, 2.75) is 13.3 Å². The summed E-state index contributed by atoms with van der Waals surface area (Å²) in [5, 5.41) is 0. The summed E-state index contributed by atoms with van der Waals surface area (Å²) in [5.41, 5.74) is 2.15. The van der Waals surface area contributed by atoms with Crippen molar-refractivity contribution in [3.8, 4) is 0 Å². The summed E-state index contributed by atoms with van der Waals surface area (Å²) >= 11 is 0. The summed E-state index contributed by atoms with van der Waals surface area (Å²) in [6.07, 6.45) is 0.746. The summed E-state index contributed by atoms with van der Waals surface area (Å²) in [6.45, 7) is 4.56. The maximum Gasteiger partial charge on any atom is 0.224 e.